The number of hydrogen-bond donors (Lipinski definition) is 2. The van der Waals surface area contributed by atoms with Gasteiger partial charge >= 0.3 is 0 Å². The van der Waals surface area contributed by atoms with Crippen molar-refractivity contribution in [3.05, 3.63) is 36.0 Å². The van der Waals surface area contributed by atoms with E-state index < -0.39 is 0 Å². The van der Waals surface area contributed by atoms with Gasteiger partial charge in [-0.2, -0.15) is 15.4 Å². The molecule has 2 aromatic rings. The van der Waals surface area contributed by atoms with Crippen molar-refractivity contribution < 1.29 is 0 Å². The molecule has 0 amide bonds. The Balaban J connectivity index is 1.63. The highest BCUT2D eigenvalue weighted by Crippen LogP contribution is 2.51. The van der Waals surface area contributed by atoms with E-state index in [-0.39, 0.29) is 0 Å². The van der Waals surface area contributed by atoms with E-state index >= 15 is 0 Å². The van der Waals surface area contributed by atoms with Crippen LogP contribution in [0.25, 0.3) is 11.3 Å². The average molecular weight is 270 g/mol. The van der Waals surface area contributed by atoms with Crippen molar-refractivity contribution in [2.45, 2.75) is 33.2 Å². The zero-order valence-electron chi connectivity index (χ0n) is 12.2. The highest BCUT2D eigenvalue weighted by molar-refractivity contribution is 5.60. The number of hydrogen-bond acceptors (Lipinski definition) is 3. The molecule has 0 atom stereocenters. The molecule has 0 saturated heterocycles. The van der Waals surface area contributed by atoms with Crippen LogP contribution in [-0.4, -0.2) is 22.0 Å². The van der Waals surface area contributed by atoms with Crippen molar-refractivity contribution in [3.8, 4) is 11.3 Å². The summed E-state index contributed by atoms with van der Waals surface area (Å²) in [4.78, 5) is 0. The van der Waals surface area contributed by atoms with Crippen molar-refractivity contribution in [2.24, 2.45) is 11.3 Å². The molecule has 3 rings (SSSR count). The molecule has 1 aromatic heterocycles. The fraction of sp³-hybridized carbons (Fsp3) is 0.500. The molecule has 1 saturated carbocycles. The van der Waals surface area contributed by atoms with E-state index in [2.05, 4.69) is 46.7 Å². The molecule has 1 aliphatic carbocycles. The minimum atomic E-state index is 0.524. The third-order valence-corrected chi connectivity index (χ3v) is 4.55. The Bertz CT molecular complexity index is 555. The summed E-state index contributed by atoms with van der Waals surface area (Å²) in [6.07, 6.45) is 2.70. The Hall–Kier alpha value is -1.68. The van der Waals surface area contributed by atoms with Crippen LogP contribution in [0.2, 0.25) is 0 Å². The van der Waals surface area contributed by atoms with E-state index in [9.17, 15) is 0 Å². The van der Waals surface area contributed by atoms with Crippen LogP contribution in [0.3, 0.4) is 0 Å². The first-order chi connectivity index (χ1) is 9.71. The summed E-state index contributed by atoms with van der Waals surface area (Å²) in [6, 6.07) is 10.2. The van der Waals surface area contributed by atoms with Gasteiger partial charge in [-0.3, -0.25) is 0 Å². The number of nitrogens with zero attached hydrogens (tertiary/aromatic N) is 2. The van der Waals surface area contributed by atoms with E-state index in [1.54, 1.807) is 0 Å². The van der Waals surface area contributed by atoms with E-state index in [0.29, 0.717) is 5.41 Å². The lowest BCUT2D eigenvalue weighted by atomic mass is 9.92. The smallest absolute Gasteiger partial charge is 0.117 e. The second kappa shape index (κ2) is 5.37. The van der Waals surface area contributed by atoms with Crippen molar-refractivity contribution in [1.82, 2.24) is 20.7 Å². The molecule has 4 nitrogen and oxygen atoms in total. The Labute approximate surface area is 120 Å². The monoisotopic (exact) mass is 270 g/mol. The fourth-order valence-corrected chi connectivity index (χ4v) is 2.75. The van der Waals surface area contributed by atoms with E-state index in [1.165, 1.54) is 12.8 Å². The summed E-state index contributed by atoms with van der Waals surface area (Å²) in [6.45, 7) is 6.49. The van der Waals surface area contributed by atoms with Crippen molar-refractivity contribution in [2.75, 3.05) is 6.54 Å². The number of aromatic amines is 1. The molecule has 2 N–H and O–H groups in total. The largest absolute Gasteiger partial charge is 0.310 e. The minimum absolute atomic E-state index is 0.524. The first-order valence-corrected chi connectivity index (χ1v) is 7.37. The quantitative estimate of drug-likeness (QED) is 0.848. The molecule has 0 bridgehead atoms. The third-order valence-electron chi connectivity index (χ3n) is 4.55. The van der Waals surface area contributed by atoms with Gasteiger partial charge in [-0.1, -0.05) is 44.2 Å². The lowest BCUT2D eigenvalue weighted by molar-refractivity contribution is 0.337. The topological polar surface area (TPSA) is 53.6 Å². The van der Waals surface area contributed by atoms with Crippen LogP contribution >= 0.6 is 0 Å². The van der Waals surface area contributed by atoms with E-state index in [1.807, 2.05) is 18.2 Å². The molecular formula is C16H22N4. The van der Waals surface area contributed by atoms with Gasteiger partial charge < -0.3 is 5.32 Å². The minimum Gasteiger partial charge on any atom is -0.310 e. The summed E-state index contributed by atoms with van der Waals surface area (Å²) in [5, 5.41) is 14.9. The summed E-state index contributed by atoms with van der Waals surface area (Å²) in [7, 11) is 0. The maximum atomic E-state index is 4.28. The molecule has 1 aliphatic rings. The van der Waals surface area contributed by atoms with Crippen molar-refractivity contribution >= 4 is 0 Å². The zero-order chi connectivity index (χ0) is 14.0. The van der Waals surface area contributed by atoms with Gasteiger partial charge in [0.05, 0.1) is 0 Å². The van der Waals surface area contributed by atoms with Gasteiger partial charge in [-0.25, -0.2) is 0 Å². The summed E-state index contributed by atoms with van der Waals surface area (Å²) in [5.41, 5.74) is 3.59. The molecule has 20 heavy (non-hydrogen) atoms. The van der Waals surface area contributed by atoms with Crippen LogP contribution in [0.4, 0.5) is 0 Å². The zero-order valence-corrected chi connectivity index (χ0v) is 12.2. The van der Waals surface area contributed by atoms with Gasteiger partial charge in [0, 0.05) is 18.7 Å². The first-order valence-electron chi connectivity index (χ1n) is 7.37. The lowest BCUT2D eigenvalue weighted by Gasteiger charge is -2.19. The fourth-order valence-electron chi connectivity index (χ4n) is 2.75. The molecular weight excluding hydrogens is 248 g/mol. The second-order valence-corrected chi connectivity index (χ2v) is 6.11. The number of nitrogens with one attached hydrogen (secondary N) is 2. The van der Waals surface area contributed by atoms with Crippen LogP contribution in [0.5, 0.6) is 0 Å². The molecule has 0 spiro atoms. The van der Waals surface area contributed by atoms with Gasteiger partial charge in [0.1, 0.15) is 11.4 Å². The van der Waals surface area contributed by atoms with Gasteiger partial charge in [-0.05, 0) is 24.2 Å². The van der Waals surface area contributed by atoms with Crippen LogP contribution in [-0.2, 0) is 6.54 Å². The van der Waals surface area contributed by atoms with Gasteiger partial charge in [0.2, 0.25) is 0 Å². The molecule has 0 unspecified atom stereocenters. The Morgan fingerprint density at radius 1 is 1.20 bits per heavy atom. The summed E-state index contributed by atoms with van der Waals surface area (Å²) >= 11 is 0. The second-order valence-electron chi connectivity index (χ2n) is 6.11. The number of rotatable bonds is 6. The maximum Gasteiger partial charge on any atom is 0.117 e. The SMILES string of the molecule is CC(C)C1(CNCc2n[nH]nc2-c2ccccc2)CC1. The molecule has 0 radical (unpaired) electrons. The lowest BCUT2D eigenvalue weighted by Crippen LogP contribution is -2.27. The number of benzene rings is 1. The van der Waals surface area contributed by atoms with E-state index in [0.717, 1.165) is 36.0 Å². The third kappa shape index (κ3) is 2.61. The first kappa shape index (κ1) is 13.3. The number of H-pyrrole nitrogens is 1. The summed E-state index contributed by atoms with van der Waals surface area (Å²) < 4.78 is 0. The highest BCUT2D eigenvalue weighted by atomic mass is 15.3. The molecule has 4 heteroatoms. The Morgan fingerprint density at radius 3 is 2.60 bits per heavy atom. The summed E-state index contributed by atoms with van der Waals surface area (Å²) in [5.74, 6) is 0.751. The number of aromatic nitrogens is 3. The van der Waals surface area contributed by atoms with Gasteiger partial charge in [0.15, 0.2) is 0 Å². The molecule has 1 aromatic carbocycles. The van der Waals surface area contributed by atoms with Gasteiger partial charge in [-0.15, -0.1) is 0 Å². The van der Waals surface area contributed by atoms with Crippen molar-refractivity contribution in [1.29, 1.82) is 0 Å². The average Bonchev–Trinajstić information content (AvgIpc) is 3.11. The van der Waals surface area contributed by atoms with Gasteiger partial charge in [0.25, 0.3) is 0 Å². The predicted octanol–water partition coefficient (Wildman–Crippen LogP) is 3.00. The standard InChI is InChI=1S/C16H22N4/c1-12(2)16(8-9-16)11-17-10-14-15(19-20-18-14)13-6-4-3-5-7-13/h3-7,12,17H,8-11H2,1-2H3,(H,18,19,20). The predicted molar refractivity (Wildman–Crippen MR) is 80.0 cm³/mol. The molecule has 1 fully saturated rings. The van der Waals surface area contributed by atoms with Crippen LogP contribution in [0.1, 0.15) is 32.4 Å². The van der Waals surface area contributed by atoms with Crippen LogP contribution in [0.15, 0.2) is 30.3 Å². The highest BCUT2D eigenvalue weighted by Gasteiger charge is 2.44. The van der Waals surface area contributed by atoms with Crippen LogP contribution in [0, 0.1) is 11.3 Å². The normalized spacial score (nSPS) is 16.6. The molecule has 106 valence electrons. The molecule has 0 aliphatic heterocycles. The Kier molecular flexibility index (Phi) is 3.57. The Morgan fingerprint density at radius 2 is 1.95 bits per heavy atom. The maximum absolute atomic E-state index is 4.28. The molecule has 1 heterocycles. The van der Waals surface area contributed by atoms with Crippen molar-refractivity contribution in [3.63, 3.8) is 0 Å². The van der Waals surface area contributed by atoms with E-state index in [4.69, 9.17) is 0 Å². The van der Waals surface area contributed by atoms with Crippen LogP contribution < -0.4 is 5.32 Å².